The standard InChI is InChI=1S/C12H22N2/c1-9-5-14(6-9)12-3-10-7-13(2)8-11(10)4-12/h9-12H,3-8H2,1-2H3/t10-,11+,12?. The Morgan fingerprint density at radius 3 is 2.00 bits per heavy atom. The quantitative estimate of drug-likeness (QED) is 0.620. The van der Waals surface area contributed by atoms with Crippen molar-refractivity contribution in [3.05, 3.63) is 0 Å². The van der Waals surface area contributed by atoms with Gasteiger partial charge in [0, 0.05) is 32.2 Å². The topological polar surface area (TPSA) is 6.48 Å². The van der Waals surface area contributed by atoms with Crippen molar-refractivity contribution >= 4 is 0 Å². The number of fused-ring (bicyclic) bond motifs is 1. The fraction of sp³-hybridized carbons (Fsp3) is 1.00. The highest BCUT2D eigenvalue weighted by atomic mass is 15.2. The predicted molar refractivity (Wildman–Crippen MR) is 58.2 cm³/mol. The Bertz CT molecular complexity index is 208. The molecule has 1 saturated carbocycles. The molecule has 1 unspecified atom stereocenters. The van der Waals surface area contributed by atoms with E-state index < -0.39 is 0 Å². The first-order valence-corrected chi connectivity index (χ1v) is 6.15. The van der Waals surface area contributed by atoms with Gasteiger partial charge in [0.15, 0.2) is 0 Å². The minimum absolute atomic E-state index is 0.954. The molecule has 2 aliphatic heterocycles. The lowest BCUT2D eigenvalue weighted by atomic mass is 9.98. The van der Waals surface area contributed by atoms with Crippen LogP contribution in [0.15, 0.2) is 0 Å². The minimum Gasteiger partial charge on any atom is -0.306 e. The van der Waals surface area contributed by atoms with Gasteiger partial charge in [-0.1, -0.05) is 6.92 Å². The first kappa shape index (κ1) is 9.17. The minimum atomic E-state index is 0.954. The molecule has 80 valence electrons. The van der Waals surface area contributed by atoms with Gasteiger partial charge in [0.2, 0.25) is 0 Å². The number of likely N-dealkylation sites (tertiary alicyclic amines) is 2. The summed E-state index contributed by atoms with van der Waals surface area (Å²) < 4.78 is 0. The van der Waals surface area contributed by atoms with Gasteiger partial charge >= 0.3 is 0 Å². The number of hydrogen-bond donors (Lipinski definition) is 0. The van der Waals surface area contributed by atoms with Crippen LogP contribution in [0, 0.1) is 17.8 Å². The molecule has 0 aromatic heterocycles. The molecule has 0 aromatic rings. The molecule has 3 aliphatic rings. The summed E-state index contributed by atoms with van der Waals surface area (Å²) in [4.78, 5) is 5.24. The van der Waals surface area contributed by atoms with Gasteiger partial charge in [-0.15, -0.1) is 0 Å². The highest BCUT2D eigenvalue weighted by Gasteiger charge is 2.43. The van der Waals surface area contributed by atoms with E-state index in [-0.39, 0.29) is 0 Å². The normalized spacial score (nSPS) is 45.4. The molecule has 0 N–H and O–H groups in total. The van der Waals surface area contributed by atoms with Crippen molar-refractivity contribution in [3.63, 3.8) is 0 Å². The lowest BCUT2D eigenvalue weighted by molar-refractivity contribution is 0.0597. The molecular weight excluding hydrogens is 172 g/mol. The Balaban J connectivity index is 1.57. The lowest BCUT2D eigenvalue weighted by Crippen LogP contribution is -2.50. The van der Waals surface area contributed by atoms with E-state index in [4.69, 9.17) is 0 Å². The van der Waals surface area contributed by atoms with Gasteiger partial charge in [0.25, 0.3) is 0 Å². The van der Waals surface area contributed by atoms with Crippen LogP contribution in [-0.4, -0.2) is 49.1 Å². The van der Waals surface area contributed by atoms with Crippen LogP contribution in [0.5, 0.6) is 0 Å². The van der Waals surface area contributed by atoms with Gasteiger partial charge in [-0.3, -0.25) is 4.90 Å². The van der Waals surface area contributed by atoms with Crippen molar-refractivity contribution in [2.45, 2.75) is 25.8 Å². The van der Waals surface area contributed by atoms with Crippen molar-refractivity contribution in [3.8, 4) is 0 Å². The summed E-state index contributed by atoms with van der Waals surface area (Å²) in [5.74, 6) is 3.03. The summed E-state index contributed by atoms with van der Waals surface area (Å²) in [6.45, 7) is 7.86. The van der Waals surface area contributed by atoms with Gasteiger partial charge < -0.3 is 4.90 Å². The third-order valence-electron chi connectivity index (χ3n) is 4.52. The monoisotopic (exact) mass is 194 g/mol. The SMILES string of the molecule is CC1CN(C2C[C@@H]3CN(C)C[C@@H]3C2)C1. The highest BCUT2D eigenvalue weighted by molar-refractivity contribution is 4.97. The Morgan fingerprint density at radius 2 is 1.50 bits per heavy atom. The van der Waals surface area contributed by atoms with Gasteiger partial charge in [0.05, 0.1) is 0 Å². The average Bonchev–Trinajstić information content (AvgIpc) is 2.54. The molecule has 2 heteroatoms. The Hall–Kier alpha value is -0.0800. The zero-order valence-corrected chi connectivity index (χ0v) is 9.45. The molecule has 2 heterocycles. The maximum absolute atomic E-state index is 2.73. The van der Waals surface area contributed by atoms with E-state index in [1.165, 1.54) is 39.0 Å². The van der Waals surface area contributed by atoms with Crippen LogP contribution in [-0.2, 0) is 0 Å². The number of nitrogens with zero attached hydrogens (tertiary/aromatic N) is 2. The third-order valence-corrected chi connectivity index (χ3v) is 4.52. The second kappa shape index (κ2) is 3.21. The maximum atomic E-state index is 2.73. The van der Waals surface area contributed by atoms with E-state index in [1.54, 1.807) is 0 Å². The number of rotatable bonds is 1. The zero-order valence-electron chi connectivity index (χ0n) is 9.45. The molecule has 0 aromatic carbocycles. The summed E-state index contributed by atoms with van der Waals surface area (Å²) in [5, 5.41) is 0. The first-order valence-electron chi connectivity index (χ1n) is 6.15. The summed E-state index contributed by atoms with van der Waals surface area (Å²) in [6, 6.07) is 0.954. The summed E-state index contributed by atoms with van der Waals surface area (Å²) in [7, 11) is 2.28. The van der Waals surface area contributed by atoms with Gasteiger partial charge in [-0.2, -0.15) is 0 Å². The first-order chi connectivity index (χ1) is 6.72. The molecule has 14 heavy (non-hydrogen) atoms. The van der Waals surface area contributed by atoms with Gasteiger partial charge in [-0.25, -0.2) is 0 Å². The second-order valence-corrected chi connectivity index (χ2v) is 5.93. The Kier molecular flexibility index (Phi) is 2.10. The summed E-state index contributed by atoms with van der Waals surface area (Å²) >= 11 is 0. The average molecular weight is 194 g/mol. The maximum Gasteiger partial charge on any atom is 0.0102 e. The van der Waals surface area contributed by atoms with E-state index >= 15 is 0 Å². The molecule has 0 spiro atoms. The summed E-state index contributed by atoms with van der Waals surface area (Å²) in [6.07, 6.45) is 2.98. The molecule has 3 rings (SSSR count). The van der Waals surface area contributed by atoms with Gasteiger partial charge in [-0.05, 0) is 37.6 Å². The summed E-state index contributed by atoms with van der Waals surface area (Å²) in [5.41, 5.74) is 0. The predicted octanol–water partition coefficient (Wildman–Crippen LogP) is 1.28. The zero-order chi connectivity index (χ0) is 9.71. The Labute approximate surface area is 87.3 Å². The van der Waals surface area contributed by atoms with Gasteiger partial charge in [0.1, 0.15) is 0 Å². The molecular formula is C12H22N2. The van der Waals surface area contributed by atoms with Crippen LogP contribution in [0.3, 0.4) is 0 Å². The molecule has 2 saturated heterocycles. The van der Waals surface area contributed by atoms with E-state index in [1.807, 2.05) is 0 Å². The van der Waals surface area contributed by atoms with Crippen LogP contribution in [0.2, 0.25) is 0 Å². The van der Waals surface area contributed by atoms with Crippen molar-refractivity contribution in [2.75, 3.05) is 33.2 Å². The molecule has 3 atom stereocenters. The van der Waals surface area contributed by atoms with E-state index in [0.29, 0.717) is 0 Å². The van der Waals surface area contributed by atoms with Crippen LogP contribution in [0.25, 0.3) is 0 Å². The molecule has 1 aliphatic carbocycles. The second-order valence-electron chi connectivity index (χ2n) is 5.93. The lowest BCUT2D eigenvalue weighted by Gasteiger charge is -2.42. The molecule has 2 nitrogen and oxygen atoms in total. The van der Waals surface area contributed by atoms with E-state index in [2.05, 4.69) is 23.8 Å². The molecule has 0 radical (unpaired) electrons. The molecule has 3 fully saturated rings. The largest absolute Gasteiger partial charge is 0.306 e. The van der Waals surface area contributed by atoms with Crippen LogP contribution in [0.1, 0.15) is 19.8 Å². The number of hydrogen-bond acceptors (Lipinski definition) is 2. The van der Waals surface area contributed by atoms with Crippen LogP contribution in [0.4, 0.5) is 0 Å². The fourth-order valence-electron chi connectivity index (χ4n) is 3.85. The Morgan fingerprint density at radius 1 is 0.929 bits per heavy atom. The van der Waals surface area contributed by atoms with Crippen molar-refractivity contribution in [1.29, 1.82) is 0 Å². The smallest absolute Gasteiger partial charge is 0.0102 e. The van der Waals surface area contributed by atoms with E-state index in [0.717, 1.165) is 23.8 Å². The van der Waals surface area contributed by atoms with Crippen molar-refractivity contribution in [2.24, 2.45) is 17.8 Å². The van der Waals surface area contributed by atoms with E-state index in [9.17, 15) is 0 Å². The third kappa shape index (κ3) is 1.40. The fourth-order valence-corrected chi connectivity index (χ4v) is 3.85. The van der Waals surface area contributed by atoms with Crippen molar-refractivity contribution in [1.82, 2.24) is 9.80 Å². The molecule has 0 bridgehead atoms. The van der Waals surface area contributed by atoms with Crippen molar-refractivity contribution < 1.29 is 0 Å². The van der Waals surface area contributed by atoms with Crippen LogP contribution < -0.4 is 0 Å². The highest BCUT2D eigenvalue weighted by Crippen LogP contribution is 2.41. The van der Waals surface area contributed by atoms with Crippen LogP contribution >= 0.6 is 0 Å². The molecule has 0 amide bonds.